The number of sulfonamides is 1. The normalized spacial score (nSPS) is 16.3. The molecule has 170 valence electrons. The number of halogens is 1. The molecule has 1 atom stereocenters. The third kappa shape index (κ3) is 5.11. The second-order valence-corrected chi connectivity index (χ2v) is 9.49. The van der Waals surface area contributed by atoms with E-state index in [9.17, 15) is 12.8 Å². The summed E-state index contributed by atoms with van der Waals surface area (Å²) in [5, 5.41) is 0. The van der Waals surface area contributed by atoms with Crippen LogP contribution in [0, 0.1) is 12.7 Å². The molecule has 9 heteroatoms. The Bertz CT molecular complexity index is 1040. The molecule has 2 aromatic rings. The fourth-order valence-electron chi connectivity index (χ4n) is 3.82. The molecule has 1 saturated heterocycles. The summed E-state index contributed by atoms with van der Waals surface area (Å²) < 4.78 is 53.7. The van der Waals surface area contributed by atoms with Gasteiger partial charge in [-0.25, -0.2) is 17.5 Å². The summed E-state index contributed by atoms with van der Waals surface area (Å²) >= 11 is 0. The quantitative estimate of drug-likeness (QED) is 0.698. The highest BCUT2D eigenvalue weighted by Gasteiger charge is 2.26. The van der Waals surface area contributed by atoms with Gasteiger partial charge in [-0.05, 0) is 56.3 Å². The Hall–Kier alpha value is -2.36. The van der Waals surface area contributed by atoms with Gasteiger partial charge in [0.15, 0.2) is 11.5 Å². The Balaban J connectivity index is 1.92. The van der Waals surface area contributed by atoms with Crippen molar-refractivity contribution in [1.29, 1.82) is 0 Å². The fourth-order valence-corrected chi connectivity index (χ4v) is 5.28. The van der Waals surface area contributed by atoms with Gasteiger partial charge in [0.1, 0.15) is 5.82 Å². The van der Waals surface area contributed by atoms with Crippen molar-refractivity contribution in [2.45, 2.75) is 24.8 Å². The molecular formula is C22H30FN3O4S. The molecule has 3 rings (SSSR count). The van der Waals surface area contributed by atoms with Crippen LogP contribution in [-0.2, 0) is 10.0 Å². The number of hydrogen-bond acceptors (Lipinski definition) is 6. The van der Waals surface area contributed by atoms with Gasteiger partial charge in [0.05, 0.1) is 19.1 Å². The second kappa shape index (κ2) is 9.42. The van der Waals surface area contributed by atoms with E-state index < -0.39 is 21.9 Å². The Kier molecular flexibility index (Phi) is 7.08. The van der Waals surface area contributed by atoms with Crippen LogP contribution in [0.4, 0.5) is 10.1 Å². The lowest BCUT2D eigenvalue weighted by Gasteiger charge is -2.36. The highest BCUT2D eigenvalue weighted by atomic mass is 32.2. The topological polar surface area (TPSA) is 71.1 Å². The first-order chi connectivity index (χ1) is 14.7. The zero-order valence-corrected chi connectivity index (χ0v) is 19.4. The van der Waals surface area contributed by atoms with Crippen LogP contribution >= 0.6 is 0 Å². The lowest BCUT2D eigenvalue weighted by molar-refractivity contribution is 0.312. The molecule has 1 heterocycles. The van der Waals surface area contributed by atoms with Gasteiger partial charge in [-0.1, -0.05) is 0 Å². The largest absolute Gasteiger partial charge is 0.493 e. The average Bonchev–Trinajstić information content (AvgIpc) is 2.73. The zero-order valence-electron chi connectivity index (χ0n) is 18.6. The lowest BCUT2D eigenvalue weighted by atomic mass is 10.0. The number of nitrogens with one attached hydrogen (secondary N) is 1. The van der Waals surface area contributed by atoms with Crippen molar-refractivity contribution in [3.8, 4) is 11.5 Å². The molecule has 0 spiro atoms. The van der Waals surface area contributed by atoms with Gasteiger partial charge in [-0.2, -0.15) is 0 Å². The van der Waals surface area contributed by atoms with Gasteiger partial charge in [0.2, 0.25) is 10.0 Å². The maximum Gasteiger partial charge on any atom is 0.241 e. The predicted octanol–water partition coefficient (Wildman–Crippen LogP) is 2.94. The number of aryl methyl sites for hydroxylation is 1. The molecule has 2 aromatic carbocycles. The first-order valence-corrected chi connectivity index (χ1v) is 11.6. The van der Waals surface area contributed by atoms with Gasteiger partial charge in [-0.15, -0.1) is 0 Å². The summed E-state index contributed by atoms with van der Waals surface area (Å²) in [5.74, 6) is 0.376. The minimum Gasteiger partial charge on any atom is -0.493 e. The van der Waals surface area contributed by atoms with Crippen LogP contribution in [0.5, 0.6) is 11.5 Å². The minimum absolute atomic E-state index is 0.0922. The number of piperazine rings is 1. The van der Waals surface area contributed by atoms with Crippen LogP contribution in [0.1, 0.15) is 24.1 Å². The molecule has 1 aliphatic rings. The minimum atomic E-state index is -3.90. The van der Waals surface area contributed by atoms with E-state index in [-0.39, 0.29) is 4.90 Å². The molecule has 7 nitrogen and oxygen atoms in total. The molecule has 0 amide bonds. The molecule has 0 aliphatic carbocycles. The number of rotatable bonds is 7. The Labute approximate surface area is 183 Å². The Morgan fingerprint density at radius 2 is 1.65 bits per heavy atom. The van der Waals surface area contributed by atoms with E-state index in [1.165, 1.54) is 32.4 Å². The van der Waals surface area contributed by atoms with Crippen LogP contribution in [0.3, 0.4) is 0 Å². The van der Waals surface area contributed by atoms with Crippen LogP contribution in [0.15, 0.2) is 35.2 Å². The van der Waals surface area contributed by atoms with E-state index in [2.05, 4.69) is 21.6 Å². The van der Waals surface area contributed by atoms with Crippen molar-refractivity contribution < 1.29 is 22.3 Å². The third-order valence-corrected chi connectivity index (χ3v) is 7.29. The smallest absolute Gasteiger partial charge is 0.241 e. The highest BCUT2D eigenvalue weighted by Crippen LogP contribution is 2.34. The maximum absolute atomic E-state index is 14.1. The van der Waals surface area contributed by atoms with E-state index in [0.29, 0.717) is 22.6 Å². The van der Waals surface area contributed by atoms with Crippen LogP contribution < -0.4 is 19.1 Å². The van der Waals surface area contributed by atoms with Gasteiger partial charge < -0.3 is 19.3 Å². The van der Waals surface area contributed by atoms with Crippen molar-refractivity contribution in [3.05, 3.63) is 47.3 Å². The molecular weight excluding hydrogens is 421 g/mol. The van der Waals surface area contributed by atoms with Gasteiger partial charge in [0, 0.05) is 44.0 Å². The van der Waals surface area contributed by atoms with Gasteiger partial charge >= 0.3 is 0 Å². The Morgan fingerprint density at radius 1 is 1.03 bits per heavy atom. The van der Waals surface area contributed by atoms with E-state index in [1.807, 2.05) is 0 Å². The van der Waals surface area contributed by atoms with Crippen molar-refractivity contribution in [2.75, 3.05) is 52.3 Å². The highest BCUT2D eigenvalue weighted by molar-refractivity contribution is 7.89. The number of ether oxygens (including phenoxy) is 2. The van der Waals surface area contributed by atoms with Gasteiger partial charge in [-0.3, -0.25) is 0 Å². The van der Waals surface area contributed by atoms with Crippen molar-refractivity contribution in [3.63, 3.8) is 0 Å². The molecule has 1 fully saturated rings. The molecule has 31 heavy (non-hydrogen) atoms. The number of anilines is 1. The summed E-state index contributed by atoms with van der Waals surface area (Å²) in [6.45, 7) is 6.79. The van der Waals surface area contributed by atoms with E-state index in [0.717, 1.165) is 31.9 Å². The predicted molar refractivity (Wildman–Crippen MR) is 119 cm³/mol. The molecule has 1 N–H and O–H groups in total. The first kappa shape index (κ1) is 23.3. The summed E-state index contributed by atoms with van der Waals surface area (Å²) in [7, 11) is 1.11. The van der Waals surface area contributed by atoms with E-state index in [4.69, 9.17) is 9.47 Å². The summed E-state index contributed by atoms with van der Waals surface area (Å²) in [6.07, 6.45) is 0. The van der Waals surface area contributed by atoms with E-state index in [1.54, 1.807) is 26.0 Å². The molecule has 0 saturated carbocycles. The van der Waals surface area contributed by atoms with Crippen molar-refractivity contribution in [1.82, 2.24) is 9.62 Å². The van der Waals surface area contributed by atoms with Crippen LogP contribution in [0.25, 0.3) is 0 Å². The van der Waals surface area contributed by atoms with Crippen LogP contribution in [-0.4, -0.2) is 60.8 Å². The summed E-state index contributed by atoms with van der Waals surface area (Å²) in [4.78, 5) is 4.49. The van der Waals surface area contributed by atoms with Crippen molar-refractivity contribution >= 4 is 15.7 Å². The number of nitrogens with zero attached hydrogens (tertiary/aromatic N) is 2. The standard InChI is InChI=1S/C22H30FN3O4S/c1-15-12-20(29-4)21(30-5)14-22(15)31(27,28)24-16(2)18-13-17(23)6-7-19(18)26-10-8-25(3)9-11-26/h6-7,12-14,16,24H,8-11H2,1-5H3. The molecule has 0 bridgehead atoms. The van der Waals surface area contributed by atoms with Crippen LogP contribution in [0.2, 0.25) is 0 Å². The number of benzene rings is 2. The molecule has 0 aromatic heterocycles. The third-order valence-electron chi connectivity index (χ3n) is 5.60. The fraction of sp³-hybridized carbons (Fsp3) is 0.455. The average molecular weight is 452 g/mol. The van der Waals surface area contributed by atoms with Gasteiger partial charge in [0.25, 0.3) is 0 Å². The molecule has 1 aliphatic heterocycles. The molecule has 0 radical (unpaired) electrons. The molecule has 1 unspecified atom stereocenters. The Morgan fingerprint density at radius 3 is 2.26 bits per heavy atom. The lowest BCUT2D eigenvalue weighted by Crippen LogP contribution is -2.45. The number of likely N-dealkylation sites (N-methyl/N-ethyl adjacent to an activating group) is 1. The van der Waals surface area contributed by atoms with Crippen molar-refractivity contribution in [2.24, 2.45) is 0 Å². The SMILES string of the molecule is COc1cc(C)c(S(=O)(=O)NC(C)c2cc(F)ccc2N2CCN(C)CC2)cc1OC. The van der Waals surface area contributed by atoms with E-state index >= 15 is 0 Å². The zero-order chi connectivity index (χ0) is 22.8. The summed E-state index contributed by atoms with van der Waals surface area (Å²) in [5.41, 5.74) is 1.97. The summed E-state index contributed by atoms with van der Waals surface area (Å²) in [6, 6.07) is 6.97. The maximum atomic E-state index is 14.1. The first-order valence-electron chi connectivity index (χ1n) is 10.1. The second-order valence-electron chi connectivity index (χ2n) is 7.81. The number of methoxy groups -OCH3 is 2. The number of hydrogen-bond donors (Lipinski definition) is 1. The monoisotopic (exact) mass is 451 g/mol.